The van der Waals surface area contributed by atoms with E-state index in [1.54, 1.807) is 27.9 Å². The first-order chi connectivity index (χ1) is 28.6. The van der Waals surface area contributed by atoms with Crippen LogP contribution in [0, 0.1) is 11.8 Å². The SMILES string of the molecule is O=C1CCN(c2ccc(N3CC(C(=O)N4CCN(C5CCC(n6cc(NC(=O)c7coc(-c8ccnc(NCC9CC9)c8)n7)c(C(F)F)n6)CC5)CC4)C3)cc2)C(=O)N1. The molecule has 5 amide bonds. The Bertz CT molecular complexity index is 2190. The van der Waals surface area contributed by atoms with Crippen LogP contribution in [0.3, 0.4) is 0 Å². The Kier molecular flexibility index (Phi) is 10.7. The summed E-state index contributed by atoms with van der Waals surface area (Å²) in [5.74, 6) is 0.749. The highest BCUT2D eigenvalue weighted by atomic mass is 19.3. The molecular formula is C41H47F2N11O5. The van der Waals surface area contributed by atoms with E-state index in [0.717, 1.165) is 56.7 Å². The normalized spacial score (nSPS) is 21.7. The molecule has 18 heteroatoms. The summed E-state index contributed by atoms with van der Waals surface area (Å²) in [6.45, 7) is 5.36. The molecule has 4 aromatic rings. The van der Waals surface area contributed by atoms with Gasteiger partial charge in [-0.3, -0.25) is 34.2 Å². The summed E-state index contributed by atoms with van der Waals surface area (Å²) in [6, 6.07) is 11.0. The zero-order valence-electron chi connectivity index (χ0n) is 32.6. The Hall–Kier alpha value is -5.91. The number of nitrogens with zero attached hydrogens (tertiary/aromatic N) is 8. The number of pyridine rings is 1. The standard InChI is InChI=1S/C41H47F2N11O5/c42-37(43)36-32(46-38(56)33-24-59-39(47-33)26-11-13-44-34(19-26)45-20-25-1-2-25)23-54(49-36)31-9-5-28(6-10-31)50-15-17-51(18-16-50)40(57)27-21-52(22-27)29-3-7-30(8-4-29)53-14-12-35(55)48-41(53)58/h3-4,7-8,11,13,19,23-25,27-28,31,37H,1-2,5-6,9-10,12,14-18,20-22H2,(H,44,45)(H,46,56)(H,48,55,58). The third-order valence-corrected chi connectivity index (χ3v) is 12.2. The summed E-state index contributed by atoms with van der Waals surface area (Å²) in [6.07, 6.45) is 7.39. The van der Waals surface area contributed by atoms with Crippen LogP contribution in [0.15, 0.2) is 59.5 Å². The van der Waals surface area contributed by atoms with Crippen LogP contribution in [0.25, 0.3) is 11.5 Å². The van der Waals surface area contributed by atoms with Gasteiger partial charge >= 0.3 is 6.03 Å². The number of amides is 5. The van der Waals surface area contributed by atoms with Gasteiger partial charge in [-0.15, -0.1) is 0 Å². The Labute approximate surface area is 339 Å². The predicted molar refractivity (Wildman–Crippen MR) is 213 cm³/mol. The average Bonchev–Trinajstić information content (AvgIpc) is 3.75. The molecule has 0 spiro atoms. The molecule has 5 fully saturated rings. The fraction of sp³-hybridized carbons (Fsp3) is 0.488. The van der Waals surface area contributed by atoms with Gasteiger partial charge in [-0.25, -0.2) is 23.5 Å². The van der Waals surface area contributed by atoms with Crippen LogP contribution >= 0.6 is 0 Å². The molecule has 3 aromatic heterocycles. The fourth-order valence-corrected chi connectivity index (χ4v) is 8.53. The lowest BCUT2D eigenvalue weighted by atomic mass is 9.89. The van der Waals surface area contributed by atoms with Crippen LogP contribution in [-0.2, 0) is 9.59 Å². The van der Waals surface area contributed by atoms with E-state index >= 15 is 0 Å². The number of halogens is 2. The van der Waals surface area contributed by atoms with Crippen molar-refractivity contribution in [3.05, 3.63) is 66.4 Å². The number of imide groups is 1. The van der Waals surface area contributed by atoms with Crippen molar-refractivity contribution in [3.8, 4) is 11.5 Å². The van der Waals surface area contributed by atoms with E-state index in [4.69, 9.17) is 4.42 Å². The Morgan fingerprint density at radius 1 is 0.915 bits per heavy atom. The van der Waals surface area contributed by atoms with Crippen LogP contribution in [0.5, 0.6) is 0 Å². The van der Waals surface area contributed by atoms with Crippen molar-refractivity contribution in [1.29, 1.82) is 0 Å². The third-order valence-electron chi connectivity index (χ3n) is 12.2. The molecule has 0 atom stereocenters. The number of piperazine rings is 1. The van der Waals surface area contributed by atoms with Crippen molar-refractivity contribution in [2.45, 2.75) is 63.5 Å². The topological polar surface area (TPSA) is 174 Å². The molecule has 16 nitrogen and oxygen atoms in total. The minimum Gasteiger partial charge on any atom is -0.444 e. The van der Waals surface area contributed by atoms with E-state index in [2.05, 4.69) is 40.8 Å². The number of benzene rings is 1. The Morgan fingerprint density at radius 2 is 1.64 bits per heavy atom. The average molecular weight is 812 g/mol. The highest BCUT2D eigenvalue weighted by Gasteiger charge is 2.38. The van der Waals surface area contributed by atoms with Gasteiger partial charge in [-0.05, 0) is 80.8 Å². The number of oxazole rings is 1. The number of hydrogen-bond donors (Lipinski definition) is 3. The molecule has 2 saturated carbocycles. The number of nitrogens with one attached hydrogen (secondary N) is 3. The molecule has 5 aliphatic rings. The van der Waals surface area contributed by atoms with Gasteiger partial charge in [-0.1, -0.05) is 0 Å². The van der Waals surface area contributed by atoms with E-state index in [9.17, 15) is 28.0 Å². The maximum atomic E-state index is 14.2. The van der Waals surface area contributed by atoms with Crippen molar-refractivity contribution >= 4 is 46.6 Å². The second kappa shape index (κ2) is 16.4. The van der Waals surface area contributed by atoms with Crippen molar-refractivity contribution in [2.75, 3.05) is 72.8 Å². The van der Waals surface area contributed by atoms with E-state index in [0.29, 0.717) is 56.1 Å². The van der Waals surface area contributed by atoms with E-state index in [1.165, 1.54) is 25.3 Å². The lowest BCUT2D eigenvalue weighted by molar-refractivity contribution is -0.138. The largest absolute Gasteiger partial charge is 0.444 e. The number of carbonyl (C=O) groups is 4. The second-order valence-corrected chi connectivity index (χ2v) is 16.2. The second-order valence-electron chi connectivity index (χ2n) is 16.2. The number of hydrogen-bond acceptors (Lipinski definition) is 11. The van der Waals surface area contributed by atoms with Gasteiger partial charge in [0.25, 0.3) is 12.3 Å². The number of alkyl halides is 2. The monoisotopic (exact) mass is 811 g/mol. The molecule has 59 heavy (non-hydrogen) atoms. The first-order valence-corrected chi connectivity index (χ1v) is 20.5. The molecule has 0 bridgehead atoms. The maximum Gasteiger partial charge on any atom is 0.328 e. The van der Waals surface area contributed by atoms with Crippen LogP contribution in [0.1, 0.15) is 73.6 Å². The molecule has 1 aromatic carbocycles. The van der Waals surface area contributed by atoms with Gasteiger partial charge in [0.2, 0.25) is 17.7 Å². The maximum absolute atomic E-state index is 14.2. The molecule has 9 rings (SSSR count). The summed E-state index contributed by atoms with van der Waals surface area (Å²) in [7, 11) is 0. The summed E-state index contributed by atoms with van der Waals surface area (Å²) in [5, 5.41) is 12.5. The quantitative estimate of drug-likeness (QED) is 0.173. The zero-order valence-corrected chi connectivity index (χ0v) is 32.6. The van der Waals surface area contributed by atoms with Crippen LogP contribution < -0.4 is 25.8 Å². The Morgan fingerprint density at radius 3 is 2.36 bits per heavy atom. The van der Waals surface area contributed by atoms with E-state index in [1.807, 2.05) is 29.2 Å². The number of carbonyl (C=O) groups excluding carboxylic acids is 4. The molecule has 310 valence electrons. The first-order valence-electron chi connectivity index (χ1n) is 20.5. The molecule has 3 saturated heterocycles. The minimum atomic E-state index is -2.88. The molecular weight excluding hydrogens is 765 g/mol. The number of rotatable bonds is 12. The molecule has 3 N–H and O–H groups in total. The summed E-state index contributed by atoms with van der Waals surface area (Å²) >= 11 is 0. The van der Waals surface area contributed by atoms with Gasteiger partial charge in [0.05, 0.1) is 17.6 Å². The first kappa shape index (κ1) is 38.6. The lowest BCUT2D eigenvalue weighted by Crippen LogP contribution is -2.59. The summed E-state index contributed by atoms with van der Waals surface area (Å²) in [5.41, 5.74) is 1.77. The molecule has 0 unspecified atom stereocenters. The van der Waals surface area contributed by atoms with Crippen molar-refractivity contribution in [1.82, 2.24) is 34.9 Å². The van der Waals surface area contributed by atoms with Gasteiger partial charge in [-0.2, -0.15) is 5.10 Å². The molecule has 0 radical (unpaired) electrons. The predicted octanol–water partition coefficient (Wildman–Crippen LogP) is 5.16. The minimum absolute atomic E-state index is 0.0384. The summed E-state index contributed by atoms with van der Waals surface area (Å²) < 4.78 is 35.5. The third kappa shape index (κ3) is 8.49. The Balaban J connectivity index is 0.729. The van der Waals surface area contributed by atoms with Crippen LogP contribution in [0.2, 0.25) is 0 Å². The molecule has 6 heterocycles. The zero-order chi connectivity index (χ0) is 40.6. The highest BCUT2D eigenvalue weighted by molar-refractivity contribution is 6.05. The molecule has 2 aliphatic carbocycles. The van der Waals surface area contributed by atoms with Gasteiger partial charge in [0.1, 0.15) is 12.1 Å². The lowest BCUT2D eigenvalue weighted by Gasteiger charge is -2.45. The van der Waals surface area contributed by atoms with Crippen LogP contribution in [-0.4, -0.2) is 112 Å². The van der Waals surface area contributed by atoms with Gasteiger partial charge in [0, 0.05) is 94.2 Å². The van der Waals surface area contributed by atoms with Gasteiger partial charge in [0.15, 0.2) is 11.4 Å². The fourth-order valence-electron chi connectivity index (χ4n) is 8.53. The summed E-state index contributed by atoms with van der Waals surface area (Å²) in [4.78, 5) is 67.0. The van der Waals surface area contributed by atoms with Crippen molar-refractivity contribution < 1.29 is 32.4 Å². The number of urea groups is 1. The van der Waals surface area contributed by atoms with Crippen molar-refractivity contribution in [2.24, 2.45) is 11.8 Å². The number of aromatic nitrogens is 4. The van der Waals surface area contributed by atoms with Crippen molar-refractivity contribution in [3.63, 3.8) is 0 Å². The van der Waals surface area contributed by atoms with Crippen LogP contribution in [0.4, 0.5) is 36.5 Å². The van der Waals surface area contributed by atoms with E-state index in [-0.39, 0.29) is 47.5 Å². The number of anilines is 4. The highest BCUT2D eigenvalue weighted by Crippen LogP contribution is 2.36. The molecule has 3 aliphatic heterocycles. The van der Waals surface area contributed by atoms with E-state index < -0.39 is 24.1 Å². The van der Waals surface area contributed by atoms with Gasteiger partial charge < -0.3 is 24.9 Å². The smallest absolute Gasteiger partial charge is 0.328 e.